The van der Waals surface area contributed by atoms with E-state index in [9.17, 15) is 0 Å². The van der Waals surface area contributed by atoms with Crippen LogP contribution in [0.15, 0.2) is 22.8 Å². The van der Waals surface area contributed by atoms with Gasteiger partial charge in [-0.05, 0) is 52.5 Å². The lowest BCUT2D eigenvalue weighted by atomic mass is 10.0. The highest BCUT2D eigenvalue weighted by Gasteiger charge is 2.14. The average molecular weight is 294 g/mol. The molecule has 0 spiro atoms. The van der Waals surface area contributed by atoms with Gasteiger partial charge in [-0.1, -0.05) is 0 Å². The topological polar surface area (TPSA) is 63.9 Å². The van der Waals surface area contributed by atoms with Crippen LogP contribution in [0.25, 0.3) is 11.3 Å². The van der Waals surface area contributed by atoms with Crippen LogP contribution < -0.4 is 10.5 Å². The number of nitrogens with two attached hydrogens (primary N) is 1. The molecule has 3 N–H and O–H groups in total. The summed E-state index contributed by atoms with van der Waals surface area (Å²) >= 11 is 3.42. The predicted molar refractivity (Wildman–Crippen MR) is 70.0 cm³/mol. The molecule has 17 heavy (non-hydrogen) atoms. The van der Waals surface area contributed by atoms with Crippen LogP contribution in [0.3, 0.4) is 0 Å². The molecule has 0 bridgehead atoms. The van der Waals surface area contributed by atoms with E-state index in [0.717, 1.165) is 41.1 Å². The second-order valence-electron chi connectivity index (χ2n) is 4.06. The standard InChI is InChI=1S/C12H12BrN3O/c13-11-10(15-12(14)16-11)8-3-4-9-7(6-8)2-1-5-17-9/h3-4,6H,1-2,5H2,(H3,14,15,16). The predicted octanol–water partition coefficient (Wildman–Crippen LogP) is 2.75. The van der Waals surface area contributed by atoms with Crippen molar-refractivity contribution >= 4 is 21.9 Å². The average Bonchev–Trinajstić information content (AvgIpc) is 2.68. The number of ether oxygens (including phenoxy) is 1. The summed E-state index contributed by atoms with van der Waals surface area (Å²) in [5.74, 6) is 1.40. The molecule has 0 saturated carbocycles. The molecular formula is C12H12BrN3O. The van der Waals surface area contributed by atoms with Crippen molar-refractivity contribution in [1.82, 2.24) is 9.97 Å². The van der Waals surface area contributed by atoms with Gasteiger partial charge < -0.3 is 15.5 Å². The number of halogens is 1. The van der Waals surface area contributed by atoms with Crippen molar-refractivity contribution in [2.75, 3.05) is 12.3 Å². The molecule has 0 unspecified atom stereocenters. The third-order valence-corrected chi connectivity index (χ3v) is 3.43. The number of aryl methyl sites for hydroxylation is 1. The lowest BCUT2D eigenvalue weighted by Crippen LogP contribution is -2.08. The maximum absolute atomic E-state index is 5.63. The van der Waals surface area contributed by atoms with Crippen molar-refractivity contribution in [3.8, 4) is 17.0 Å². The van der Waals surface area contributed by atoms with Crippen LogP contribution in [0, 0.1) is 0 Å². The molecule has 3 rings (SSSR count). The van der Waals surface area contributed by atoms with Crippen molar-refractivity contribution in [2.24, 2.45) is 0 Å². The molecule has 0 saturated heterocycles. The Hall–Kier alpha value is -1.49. The Morgan fingerprint density at radius 1 is 1.41 bits per heavy atom. The summed E-state index contributed by atoms with van der Waals surface area (Å²) < 4.78 is 6.40. The number of nitrogens with zero attached hydrogens (tertiary/aromatic N) is 1. The van der Waals surface area contributed by atoms with E-state index >= 15 is 0 Å². The van der Waals surface area contributed by atoms with Crippen LogP contribution in [-0.4, -0.2) is 16.6 Å². The molecule has 0 fully saturated rings. The third-order valence-electron chi connectivity index (χ3n) is 2.86. The molecule has 2 heterocycles. The molecule has 1 aromatic heterocycles. The molecular weight excluding hydrogens is 282 g/mol. The lowest BCUT2D eigenvalue weighted by Gasteiger charge is -2.17. The lowest BCUT2D eigenvalue weighted by molar-refractivity contribution is 0.288. The maximum Gasteiger partial charge on any atom is 0.198 e. The summed E-state index contributed by atoms with van der Waals surface area (Å²) in [4.78, 5) is 7.20. The van der Waals surface area contributed by atoms with Crippen molar-refractivity contribution in [3.63, 3.8) is 0 Å². The number of benzene rings is 1. The first kappa shape index (κ1) is 10.7. The van der Waals surface area contributed by atoms with Crippen LogP contribution in [0.1, 0.15) is 12.0 Å². The number of rotatable bonds is 1. The third kappa shape index (κ3) is 1.91. The fourth-order valence-electron chi connectivity index (χ4n) is 2.07. The Morgan fingerprint density at radius 2 is 2.29 bits per heavy atom. The molecule has 1 aliphatic heterocycles. The fourth-order valence-corrected chi connectivity index (χ4v) is 2.59. The van der Waals surface area contributed by atoms with Gasteiger partial charge in [0, 0.05) is 5.56 Å². The first-order valence-electron chi connectivity index (χ1n) is 5.51. The van der Waals surface area contributed by atoms with Gasteiger partial charge in [-0.15, -0.1) is 0 Å². The van der Waals surface area contributed by atoms with Crippen LogP contribution in [0.4, 0.5) is 5.95 Å². The normalized spacial score (nSPS) is 14.2. The van der Waals surface area contributed by atoms with E-state index in [4.69, 9.17) is 10.5 Å². The highest BCUT2D eigenvalue weighted by molar-refractivity contribution is 9.10. The van der Waals surface area contributed by atoms with E-state index in [0.29, 0.717) is 5.95 Å². The van der Waals surface area contributed by atoms with Gasteiger partial charge in [0.2, 0.25) is 0 Å². The Labute approximate surface area is 107 Å². The second kappa shape index (κ2) is 4.07. The van der Waals surface area contributed by atoms with Gasteiger partial charge in [0.05, 0.1) is 6.61 Å². The van der Waals surface area contributed by atoms with Gasteiger partial charge in [0.1, 0.15) is 16.0 Å². The largest absolute Gasteiger partial charge is 0.493 e. The molecule has 0 amide bonds. The van der Waals surface area contributed by atoms with Crippen LogP contribution in [-0.2, 0) is 6.42 Å². The van der Waals surface area contributed by atoms with Gasteiger partial charge in [0.25, 0.3) is 0 Å². The first-order valence-corrected chi connectivity index (χ1v) is 6.30. The van der Waals surface area contributed by atoms with Gasteiger partial charge in [-0.25, -0.2) is 4.98 Å². The minimum atomic E-state index is 0.417. The zero-order chi connectivity index (χ0) is 11.8. The number of imidazole rings is 1. The first-order chi connectivity index (χ1) is 8.24. The summed E-state index contributed by atoms with van der Waals surface area (Å²) in [6.45, 7) is 0.811. The van der Waals surface area contributed by atoms with E-state index in [1.807, 2.05) is 12.1 Å². The Balaban J connectivity index is 2.06. The minimum Gasteiger partial charge on any atom is -0.493 e. The number of hydrogen-bond donors (Lipinski definition) is 2. The monoisotopic (exact) mass is 293 g/mol. The molecule has 0 atom stereocenters. The number of aromatic nitrogens is 2. The van der Waals surface area contributed by atoms with Gasteiger partial charge in [0.15, 0.2) is 5.95 Å². The number of nitrogens with one attached hydrogen (secondary N) is 1. The SMILES string of the molecule is Nc1nc(-c2ccc3c(c2)CCCO3)c(Br)[nH]1. The van der Waals surface area contributed by atoms with E-state index < -0.39 is 0 Å². The van der Waals surface area contributed by atoms with E-state index in [1.54, 1.807) is 0 Å². The highest BCUT2D eigenvalue weighted by Crippen LogP contribution is 2.32. The second-order valence-corrected chi connectivity index (χ2v) is 4.85. The summed E-state index contributed by atoms with van der Waals surface area (Å²) in [6.07, 6.45) is 2.13. The molecule has 1 aliphatic rings. The molecule has 5 heteroatoms. The van der Waals surface area contributed by atoms with Gasteiger partial charge in [-0.2, -0.15) is 0 Å². The molecule has 88 valence electrons. The quantitative estimate of drug-likeness (QED) is 0.850. The fraction of sp³-hybridized carbons (Fsp3) is 0.250. The van der Waals surface area contributed by atoms with E-state index in [2.05, 4.69) is 32.0 Å². The Morgan fingerprint density at radius 3 is 3.06 bits per heavy atom. The van der Waals surface area contributed by atoms with Crippen LogP contribution in [0.2, 0.25) is 0 Å². The number of fused-ring (bicyclic) bond motifs is 1. The molecule has 0 radical (unpaired) electrons. The molecule has 0 aliphatic carbocycles. The van der Waals surface area contributed by atoms with Crippen molar-refractivity contribution in [2.45, 2.75) is 12.8 Å². The van der Waals surface area contributed by atoms with E-state index in [1.165, 1.54) is 5.56 Å². The molecule has 1 aromatic carbocycles. The number of H-pyrrole nitrogens is 1. The molecule has 4 nitrogen and oxygen atoms in total. The zero-order valence-corrected chi connectivity index (χ0v) is 10.8. The summed E-state index contributed by atoms with van der Waals surface area (Å²) in [5.41, 5.74) is 8.76. The number of aromatic amines is 1. The smallest absolute Gasteiger partial charge is 0.198 e. The minimum absolute atomic E-state index is 0.417. The summed E-state index contributed by atoms with van der Waals surface area (Å²) in [7, 11) is 0. The highest BCUT2D eigenvalue weighted by atomic mass is 79.9. The van der Waals surface area contributed by atoms with Gasteiger partial charge >= 0.3 is 0 Å². The number of anilines is 1. The van der Waals surface area contributed by atoms with Crippen molar-refractivity contribution < 1.29 is 4.74 Å². The van der Waals surface area contributed by atoms with Crippen LogP contribution in [0.5, 0.6) is 5.75 Å². The maximum atomic E-state index is 5.63. The van der Waals surface area contributed by atoms with Crippen molar-refractivity contribution in [1.29, 1.82) is 0 Å². The zero-order valence-electron chi connectivity index (χ0n) is 9.16. The van der Waals surface area contributed by atoms with E-state index in [-0.39, 0.29) is 0 Å². The summed E-state index contributed by atoms with van der Waals surface area (Å²) in [6, 6.07) is 6.13. The summed E-state index contributed by atoms with van der Waals surface area (Å²) in [5, 5.41) is 0. The number of hydrogen-bond acceptors (Lipinski definition) is 3. The van der Waals surface area contributed by atoms with Crippen molar-refractivity contribution in [3.05, 3.63) is 28.4 Å². The number of nitrogen functional groups attached to an aromatic ring is 1. The van der Waals surface area contributed by atoms with Gasteiger partial charge in [-0.3, -0.25) is 0 Å². The Bertz CT molecular complexity index is 565. The van der Waals surface area contributed by atoms with Crippen LogP contribution >= 0.6 is 15.9 Å². The Kier molecular flexibility index (Phi) is 2.55. The molecule has 2 aromatic rings.